The van der Waals surface area contributed by atoms with Crippen molar-refractivity contribution in [2.45, 2.75) is 91.6 Å². The predicted octanol–water partition coefficient (Wildman–Crippen LogP) is 8.46. The van der Waals surface area contributed by atoms with Crippen LogP contribution in [0.25, 0.3) is 39.2 Å². The van der Waals surface area contributed by atoms with Crippen LogP contribution < -0.4 is 15.6 Å². The van der Waals surface area contributed by atoms with Gasteiger partial charge in [-0.25, -0.2) is 19.6 Å². The minimum Gasteiger partial charge on any atom is -0.481 e. The van der Waals surface area contributed by atoms with Crippen molar-refractivity contribution in [2.24, 2.45) is 0 Å². The first-order chi connectivity index (χ1) is 29.3. The third-order valence-corrected chi connectivity index (χ3v) is 10.9. The zero-order valence-electron chi connectivity index (χ0n) is 36.2. The number of nitrogens with zero attached hydrogens (tertiary/aromatic N) is 5. The fourth-order valence-corrected chi connectivity index (χ4v) is 7.75. The molecule has 2 aromatic carbocycles. The molecule has 4 heterocycles. The molecule has 3 aromatic heterocycles. The molecule has 1 aliphatic rings. The van der Waals surface area contributed by atoms with Crippen LogP contribution in [0.1, 0.15) is 71.2 Å². The molecule has 3 amide bonds. The van der Waals surface area contributed by atoms with Crippen LogP contribution in [0, 0.1) is 6.92 Å². The lowest BCUT2D eigenvalue weighted by Gasteiger charge is -2.29. The van der Waals surface area contributed by atoms with Gasteiger partial charge in [0.15, 0.2) is 0 Å². The molecule has 1 atom stereocenters. The van der Waals surface area contributed by atoms with Crippen LogP contribution in [0.5, 0.6) is 5.88 Å². The van der Waals surface area contributed by atoms with Crippen molar-refractivity contribution < 1.29 is 33.7 Å². The minimum absolute atomic E-state index is 0.00557. The van der Waals surface area contributed by atoms with Crippen molar-refractivity contribution in [3.8, 4) is 39.4 Å². The molecule has 0 bridgehead atoms. The van der Waals surface area contributed by atoms with Gasteiger partial charge >= 0.3 is 12.2 Å². The number of fused-ring (bicyclic) bond motifs is 1. The van der Waals surface area contributed by atoms with Crippen LogP contribution in [0.3, 0.4) is 0 Å². The van der Waals surface area contributed by atoms with Gasteiger partial charge in [0.2, 0.25) is 11.8 Å². The van der Waals surface area contributed by atoms with Crippen LogP contribution in [0.15, 0.2) is 71.7 Å². The Hall–Kier alpha value is -5.70. The number of aliphatic hydroxyl groups excluding tert-OH is 1. The maximum atomic E-state index is 13.5. The number of benzene rings is 2. The van der Waals surface area contributed by atoms with Gasteiger partial charge in [-0.3, -0.25) is 18.9 Å². The highest BCUT2D eigenvalue weighted by Crippen LogP contribution is 2.42. The van der Waals surface area contributed by atoms with E-state index in [4.69, 9.17) is 47.4 Å². The molecule has 0 unspecified atom stereocenters. The summed E-state index contributed by atoms with van der Waals surface area (Å²) in [4.78, 5) is 64.3. The van der Waals surface area contributed by atoms with Gasteiger partial charge in [-0.15, -0.1) is 0 Å². The number of methoxy groups -OCH3 is 1. The molecular weight excluding hydrogens is 835 g/mol. The second-order valence-corrected chi connectivity index (χ2v) is 17.9. The predicted molar refractivity (Wildman–Crippen MR) is 238 cm³/mol. The molecule has 0 saturated carbocycles. The van der Waals surface area contributed by atoms with E-state index in [1.54, 1.807) is 71.7 Å². The maximum absolute atomic E-state index is 13.5. The summed E-state index contributed by atoms with van der Waals surface area (Å²) in [6, 6.07) is 18.1. The zero-order chi connectivity index (χ0) is 45.1. The summed E-state index contributed by atoms with van der Waals surface area (Å²) in [6.45, 7) is 12.3. The van der Waals surface area contributed by atoms with E-state index in [1.807, 2.05) is 48.5 Å². The fourth-order valence-electron chi connectivity index (χ4n) is 7.09. The Kier molecular flexibility index (Phi) is 13.8. The molecule has 0 spiro atoms. The highest BCUT2D eigenvalue weighted by atomic mass is 35.5. The Morgan fingerprint density at radius 2 is 1.47 bits per heavy atom. The molecule has 328 valence electrons. The lowest BCUT2D eigenvalue weighted by molar-refractivity contribution is -0.119. The molecule has 5 aromatic rings. The number of aliphatic hydroxyl groups is 1. The Morgan fingerprint density at radius 3 is 2.06 bits per heavy atom. The second kappa shape index (κ2) is 18.7. The molecule has 14 nitrogen and oxygen atoms in total. The molecule has 0 radical (unpaired) electrons. The number of rotatable bonds is 12. The molecular formula is C46H52Cl2N6O8. The van der Waals surface area contributed by atoms with E-state index in [2.05, 4.69) is 5.32 Å². The normalized spacial score (nSPS) is 14.1. The summed E-state index contributed by atoms with van der Waals surface area (Å²) in [7, 11) is 1.50. The summed E-state index contributed by atoms with van der Waals surface area (Å²) in [5.74, 6) is 0.242. The quantitative estimate of drug-likeness (QED) is 0.124. The summed E-state index contributed by atoms with van der Waals surface area (Å²) in [5, 5.41) is 13.4. The molecule has 1 saturated heterocycles. The number of ether oxygens (including phenoxy) is 3. The van der Waals surface area contributed by atoms with Gasteiger partial charge in [0.25, 0.3) is 5.56 Å². The lowest BCUT2D eigenvalue weighted by atomic mass is 9.97. The van der Waals surface area contributed by atoms with Crippen molar-refractivity contribution in [1.29, 1.82) is 0 Å². The lowest BCUT2D eigenvalue weighted by Crippen LogP contribution is -2.43. The molecule has 1 aliphatic heterocycles. The van der Waals surface area contributed by atoms with E-state index >= 15 is 0 Å². The highest BCUT2D eigenvalue weighted by molar-refractivity contribution is 6.39. The van der Waals surface area contributed by atoms with Crippen molar-refractivity contribution in [3.63, 3.8) is 0 Å². The first-order valence-electron chi connectivity index (χ1n) is 20.3. The van der Waals surface area contributed by atoms with E-state index in [0.717, 1.165) is 0 Å². The van der Waals surface area contributed by atoms with Gasteiger partial charge in [-0.2, -0.15) is 0 Å². The number of amides is 3. The van der Waals surface area contributed by atoms with E-state index in [9.17, 15) is 24.3 Å². The average molecular weight is 888 g/mol. The number of aromatic nitrogens is 3. The standard InChI is InChI=1S/C46H52Cl2N6O8/c1-27-36(26-52(21-22-55)43(58)61-45(2,3)4)50-37-23-28(19-20-54(37)42(27)57)31-11-9-12-32(39(31)47)33-13-10-14-34(40(33)48)35-17-15-29(41(51-35)60-8)24-53(44(59)62-46(5,6)7)25-30-16-18-38(56)49-30/h9-15,17,19-20,23,30,55H,16,18,21-22,24-26H2,1-8H3,(H,49,56)/t30-/m0/s1. The van der Waals surface area contributed by atoms with E-state index < -0.39 is 23.4 Å². The molecule has 2 N–H and O–H groups in total. The maximum Gasteiger partial charge on any atom is 0.410 e. The van der Waals surface area contributed by atoms with Gasteiger partial charge in [-0.05, 0) is 84.7 Å². The summed E-state index contributed by atoms with van der Waals surface area (Å²) < 4.78 is 18.4. The molecule has 16 heteroatoms. The highest BCUT2D eigenvalue weighted by Gasteiger charge is 2.30. The topological polar surface area (TPSA) is 165 Å². The van der Waals surface area contributed by atoms with Gasteiger partial charge < -0.3 is 29.5 Å². The van der Waals surface area contributed by atoms with Gasteiger partial charge in [0.05, 0.1) is 48.2 Å². The number of hydrogen-bond donors (Lipinski definition) is 2. The monoisotopic (exact) mass is 886 g/mol. The molecule has 0 aliphatic carbocycles. The molecule has 6 rings (SSSR count). The van der Waals surface area contributed by atoms with Crippen molar-refractivity contribution in [1.82, 2.24) is 29.5 Å². The largest absolute Gasteiger partial charge is 0.481 e. The van der Waals surface area contributed by atoms with E-state index in [0.29, 0.717) is 84.7 Å². The summed E-state index contributed by atoms with van der Waals surface area (Å²) >= 11 is 14.4. The second-order valence-electron chi connectivity index (χ2n) is 17.1. The Morgan fingerprint density at radius 1 is 0.855 bits per heavy atom. The number of nitrogens with one attached hydrogen (secondary N) is 1. The van der Waals surface area contributed by atoms with Gasteiger partial charge in [-0.1, -0.05) is 59.6 Å². The van der Waals surface area contributed by atoms with Crippen LogP contribution >= 0.6 is 23.2 Å². The van der Waals surface area contributed by atoms with E-state index in [1.165, 1.54) is 16.4 Å². The smallest absolute Gasteiger partial charge is 0.410 e. The number of carbonyl (C=O) groups is 3. The number of hydrogen-bond acceptors (Lipinski definition) is 10. The van der Waals surface area contributed by atoms with Gasteiger partial charge in [0, 0.05) is 65.1 Å². The SMILES string of the molecule is COc1nc(-c2cccc(-c3cccc(-c4ccn5c(=O)c(C)c(CN(CCO)C(=O)OC(C)(C)C)nc5c4)c3Cl)c2Cl)ccc1CN(C[C@@H]1CCC(=O)N1)C(=O)OC(C)(C)C. The Labute approximate surface area is 370 Å². The average Bonchev–Trinajstić information content (AvgIpc) is 3.62. The van der Waals surface area contributed by atoms with Crippen molar-refractivity contribution in [2.75, 3.05) is 26.8 Å². The van der Waals surface area contributed by atoms with Gasteiger partial charge in [0.1, 0.15) is 16.8 Å². The zero-order valence-corrected chi connectivity index (χ0v) is 37.7. The summed E-state index contributed by atoms with van der Waals surface area (Å²) in [5.41, 5.74) is 3.71. The minimum atomic E-state index is -0.757. The Balaban J connectivity index is 1.31. The number of pyridine rings is 2. The molecule has 1 fully saturated rings. The van der Waals surface area contributed by atoms with Crippen molar-refractivity contribution >= 4 is 46.9 Å². The first kappa shape index (κ1) is 45.8. The van der Waals surface area contributed by atoms with Crippen LogP contribution in [-0.4, -0.2) is 91.4 Å². The summed E-state index contributed by atoms with van der Waals surface area (Å²) in [6.07, 6.45) is 1.50. The fraction of sp³-hybridized carbons (Fsp3) is 0.391. The Bertz CT molecular complexity index is 2570. The van der Waals surface area contributed by atoms with Crippen LogP contribution in [0.2, 0.25) is 10.0 Å². The first-order valence-corrected chi connectivity index (χ1v) is 21.0. The van der Waals surface area contributed by atoms with Crippen LogP contribution in [0.4, 0.5) is 9.59 Å². The number of halogens is 2. The van der Waals surface area contributed by atoms with E-state index in [-0.39, 0.29) is 50.3 Å². The third-order valence-electron chi connectivity index (χ3n) is 10.1. The van der Waals surface area contributed by atoms with Crippen molar-refractivity contribution in [3.05, 3.63) is 104 Å². The van der Waals surface area contributed by atoms with Crippen LogP contribution in [-0.2, 0) is 27.4 Å². The third kappa shape index (κ3) is 10.7. The molecule has 62 heavy (non-hydrogen) atoms. The number of carbonyl (C=O) groups excluding carboxylic acids is 3.